The van der Waals surface area contributed by atoms with Gasteiger partial charge in [-0.05, 0) is 37.7 Å². The van der Waals surface area contributed by atoms with E-state index < -0.39 is 0 Å². The van der Waals surface area contributed by atoms with Crippen LogP contribution in [0.2, 0.25) is 0 Å². The summed E-state index contributed by atoms with van der Waals surface area (Å²) in [7, 11) is 0. The van der Waals surface area contributed by atoms with Crippen molar-refractivity contribution >= 4 is 11.8 Å². The first kappa shape index (κ1) is 9.99. The molecule has 1 aromatic rings. The second-order valence-corrected chi connectivity index (χ2v) is 4.74. The topological polar surface area (TPSA) is 26.0 Å². The highest BCUT2D eigenvalue weighted by Gasteiger charge is 2.36. The van der Waals surface area contributed by atoms with Gasteiger partial charge < -0.3 is 5.73 Å². The second-order valence-electron chi connectivity index (χ2n) is 3.86. The monoisotopic (exact) mass is 211 g/mol. The zero-order valence-electron chi connectivity index (χ0n) is 8.22. The third-order valence-electron chi connectivity index (χ3n) is 2.96. The van der Waals surface area contributed by atoms with E-state index in [4.69, 9.17) is 5.73 Å². The molecule has 76 valence electrons. The second kappa shape index (κ2) is 3.55. The third kappa shape index (κ3) is 1.55. The summed E-state index contributed by atoms with van der Waals surface area (Å²) >= 11 is 1.55. The molecule has 0 radical (unpaired) electrons. The van der Waals surface area contributed by atoms with Crippen LogP contribution in [0.5, 0.6) is 0 Å². The number of nitrogens with two attached hydrogens (primary N) is 1. The number of thioether (sulfide) groups is 1. The van der Waals surface area contributed by atoms with Gasteiger partial charge in [-0.1, -0.05) is 6.07 Å². The maximum Gasteiger partial charge on any atom is 0.129 e. The van der Waals surface area contributed by atoms with Crippen LogP contribution in [0.25, 0.3) is 0 Å². The SMILES string of the molecule is CSc1ccc(C2(N)CCC2)c(F)c1. The lowest BCUT2D eigenvalue weighted by atomic mass is 9.72. The van der Waals surface area contributed by atoms with Crippen LogP contribution in [0.4, 0.5) is 4.39 Å². The predicted molar refractivity (Wildman–Crippen MR) is 57.9 cm³/mol. The molecule has 0 heterocycles. The van der Waals surface area contributed by atoms with Crippen molar-refractivity contribution in [3.05, 3.63) is 29.6 Å². The van der Waals surface area contributed by atoms with E-state index in [-0.39, 0.29) is 11.4 Å². The molecule has 2 rings (SSSR count). The van der Waals surface area contributed by atoms with Gasteiger partial charge in [0.1, 0.15) is 5.82 Å². The van der Waals surface area contributed by atoms with Crippen LogP contribution < -0.4 is 5.73 Å². The van der Waals surface area contributed by atoms with Gasteiger partial charge in [0.05, 0.1) is 0 Å². The van der Waals surface area contributed by atoms with Crippen molar-refractivity contribution in [1.29, 1.82) is 0 Å². The molecule has 0 bridgehead atoms. The summed E-state index contributed by atoms with van der Waals surface area (Å²) in [5.41, 5.74) is 6.36. The van der Waals surface area contributed by atoms with Crippen molar-refractivity contribution in [1.82, 2.24) is 0 Å². The lowest BCUT2D eigenvalue weighted by molar-refractivity contribution is 0.245. The summed E-state index contributed by atoms with van der Waals surface area (Å²) in [5.74, 6) is -0.154. The highest BCUT2D eigenvalue weighted by atomic mass is 32.2. The summed E-state index contributed by atoms with van der Waals surface area (Å²) in [4.78, 5) is 0.953. The van der Waals surface area contributed by atoms with E-state index in [1.54, 1.807) is 17.8 Å². The van der Waals surface area contributed by atoms with E-state index in [9.17, 15) is 4.39 Å². The fourth-order valence-electron chi connectivity index (χ4n) is 1.85. The Balaban J connectivity index is 2.35. The van der Waals surface area contributed by atoms with Crippen LogP contribution in [0.15, 0.2) is 23.1 Å². The van der Waals surface area contributed by atoms with Crippen LogP contribution in [0.1, 0.15) is 24.8 Å². The first-order valence-corrected chi connectivity index (χ1v) is 6.01. The number of hydrogen-bond donors (Lipinski definition) is 1. The van der Waals surface area contributed by atoms with Crippen molar-refractivity contribution < 1.29 is 4.39 Å². The third-order valence-corrected chi connectivity index (χ3v) is 3.68. The minimum Gasteiger partial charge on any atom is -0.321 e. The Morgan fingerprint density at radius 1 is 1.43 bits per heavy atom. The number of hydrogen-bond acceptors (Lipinski definition) is 2. The lowest BCUT2D eigenvalue weighted by Gasteiger charge is -2.38. The highest BCUT2D eigenvalue weighted by Crippen LogP contribution is 2.40. The van der Waals surface area contributed by atoms with E-state index in [0.717, 1.165) is 24.2 Å². The number of halogens is 1. The normalized spacial score (nSPS) is 19.1. The number of benzene rings is 1. The molecule has 0 atom stereocenters. The molecule has 0 aliphatic heterocycles. The fourth-order valence-corrected chi connectivity index (χ4v) is 2.28. The van der Waals surface area contributed by atoms with E-state index in [1.165, 1.54) is 0 Å². The van der Waals surface area contributed by atoms with Crippen molar-refractivity contribution in [3.63, 3.8) is 0 Å². The summed E-state index contributed by atoms with van der Waals surface area (Å²) in [6.07, 6.45) is 4.86. The van der Waals surface area contributed by atoms with Gasteiger partial charge >= 0.3 is 0 Å². The van der Waals surface area contributed by atoms with E-state index >= 15 is 0 Å². The molecule has 1 aliphatic rings. The van der Waals surface area contributed by atoms with Gasteiger partial charge in [0.2, 0.25) is 0 Å². The van der Waals surface area contributed by atoms with Crippen LogP contribution in [-0.2, 0) is 5.54 Å². The minimum atomic E-state index is -0.388. The fraction of sp³-hybridized carbons (Fsp3) is 0.455. The van der Waals surface area contributed by atoms with Gasteiger partial charge in [-0.25, -0.2) is 4.39 Å². The first-order chi connectivity index (χ1) is 6.65. The molecule has 1 aliphatic carbocycles. The van der Waals surface area contributed by atoms with Crippen molar-refractivity contribution in [3.8, 4) is 0 Å². The Hall–Kier alpha value is -0.540. The van der Waals surface area contributed by atoms with E-state index in [2.05, 4.69) is 0 Å². The smallest absolute Gasteiger partial charge is 0.129 e. The van der Waals surface area contributed by atoms with E-state index in [0.29, 0.717) is 5.56 Å². The number of rotatable bonds is 2. The van der Waals surface area contributed by atoms with Gasteiger partial charge in [-0.2, -0.15) is 0 Å². The molecule has 1 saturated carbocycles. The molecule has 0 aromatic heterocycles. The maximum absolute atomic E-state index is 13.7. The van der Waals surface area contributed by atoms with Gasteiger partial charge in [-0.3, -0.25) is 0 Å². The Labute approximate surface area is 87.9 Å². The molecule has 2 N–H and O–H groups in total. The molecule has 0 spiro atoms. The van der Waals surface area contributed by atoms with Gasteiger partial charge in [-0.15, -0.1) is 11.8 Å². The average molecular weight is 211 g/mol. The van der Waals surface area contributed by atoms with E-state index in [1.807, 2.05) is 18.4 Å². The highest BCUT2D eigenvalue weighted by molar-refractivity contribution is 7.98. The Bertz CT molecular complexity index is 347. The molecule has 1 aromatic carbocycles. The molecular formula is C11H14FNS. The van der Waals surface area contributed by atoms with Crippen LogP contribution in [0, 0.1) is 5.82 Å². The maximum atomic E-state index is 13.7. The summed E-state index contributed by atoms with van der Waals surface area (Å²) in [6, 6.07) is 5.35. The van der Waals surface area contributed by atoms with Crippen LogP contribution in [-0.4, -0.2) is 6.26 Å². The molecule has 0 saturated heterocycles. The van der Waals surface area contributed by atoms with Crippen molar-refractivity contribution in [2.24, 2.45) is 5.73 Å². The van der Waals surface area contributed by atoms with Crippen LogP contribution in [0.3, 0.4) is 0 Å². The van der Waals surface area contributed by atoms with Gasteiger partial charge in [0.25, 0.3) is 0 Å². The zero-order valence-corrected chi connectivity index (χ0v) is 9.03. The molecule has 3 heteroatoms. The average Bonchev–Trinajstić information content (AvgIpc) is 2.14. The van der Waals surface area contributed by atoms with Crippen molar-refractivity contribution in [2.45, 2.75) is 29.7 Å². The zero-order chi connectivity index (χ0) is 10.2. The van der Waals surface area contributed by atoms with Crippen LogP contribution >= 0.6 is 11.8 Å². The first-order valence-electron chi connectivity index (χ1n) is 4.79. The molecule has 1 fully saturated rings. The predicted octanol–water partition coefficient (Wildman–Crippen LogP) is 2.89. The molecule has 0 amide bonds. The molecule has 14 heavy (non-hydrogen) atoms. The Morgan fingerprint density at radius 2 is 2.14 bits per heavy atom. The summed E-state index contributed by atoms with van der Waals surface area (Å²) in [6.45, 7) is 0. The van der Waals surface area contributed by atoms with Crippen molar-refractivity contribution in [2.75, 3.05) is 6.26 Å². The quantitative estimate of drug-likeness (QED) is 0.761. The van der Waals surface area contributed by atoms with Gasteiger partial charge in [0, 0.05) is 16.0 Å². The molecule has 0 unspecified atom stereocenters. The lowest BCUT2D eigenvalue weighted by Crippen LogP contribution is -2.44. The minimum absolute atomic E-state index is 0.154. The molecular weight excluding hydrogens is 197 g/mol. The standard InChI is InChI=1S/C11H14FNS/c1-14-8-3-4-9(10(12)7-8)11(13)5-2-6-11/h3-4,7H,2,5-6,13H2,1H3. The van der Waals surface area contributed by atoms with Gasteiger partial charge in [0.15, 0.2) is 0 Å². The Morgan fingerprint density at radius 3 is 2.57 bits per heavy atom. The molecule has 1 nitrogen and oxygen atoms in total. The summed E-state index contributed by atoms with van der Waals surface area (Å²) in [5, 5.41) is 0. The summed E-state index contributed by atoms with van der Waals surface area (Å²) < 4.78 is 13.7. The largest absolute Gasteiger partial charge is 0.321 e. The Kier molecular flexibility index (Phi) is 2.54.